The molecule has 9 rings (SSSR count). The number of carbonyl (C=O) groups excluding carboxylic acids is 13. The molecule has 0 bridgehead atoms. The van der Waals surface area contributed by atoms with E-state index in [4.69, 9.17) is 26.0 Å². The maximum atomic E-state index is 13.5. The summed E-state index contributed by atoms with van der Waals surface area (Å²) in [5.74, 6) is -4.04. The molecule has 6 atom stereocenters. The van der Waals surface area contributed by atoms with Gasteiger partial charge in [0.15, 0.2) is 0 Å². The van der Waals surface area contributed by atoms with E-state index in [-0.39, 0.29) is 141 Å². The Morgan fingerprint density at radius 1 is 0.383 bits per heavy atom. The molecule has 32 nitrogen and oxygen atoms in total. The fourth-order valence-corrected chi connectivity index (χ4v) is 15.2. The van der Waals surface area contributed by atoms with Gasteiger partial charge in [-0.3, -0.25) is 57.5 Å². The lowest BCUT2D eigenvalue weighted by molar-refractivity contribution is -0.142. The Labute approximate surface area is 764 Å². The monoisotopic (exact) mass is 1820 g/mol. The molecule has 13 amide bonds. The van der Waals surface area contributed by atoms with Gasteiger partial charge in [0, 0.05) is 95.9 Å². The molecular weight excluding hydrogens is 1680 g/mol. The number of ether oxygens (including phenoxy) is 2. The first kappa shape index (κ1) is 109. The van der Waals surface area contributed by atoms with Crippen LogP contribution in [0.3, 0.4) is 0 Å². The number of carbonyl (C=O) groups is 14. The average molecular weight is 1820 g/mol. The number of hydrogen-bond acceptors (Lipinski definition) is 18. The number of nitrogens with zero attached hydrogens (tertiary/aromatic N) is 3. The normalized spacial score (nSPS) is 15.3. The van der Waals surface area contributed by atoms with Crippen LogP contribution in [0.5, 0.6) is 0 Å². The van der Waals surface area contributed by atoms with Crippen molar-refractivity contribution in [1.29, 1.82) is 0 Å². The van der Waals surface area contributed by atoms with Crippen LogP contribution in [0.1, 0.15) is 177 Å². The van der Waals surface area contributed by atoms with E-state index in [2.05, 4.69) is 53.2 Å². The van der Waals surface area contributed by atoms with E-state index in [1.807, 2.05) is 169 Å². The number of benzene rings is 6. The van der Waals surface area contributed by atoms with Gasteiger partial charge in [0.25, 0.3) is 0 Å². The molecule has 704 valence electrons. The molecule has 0 saturated carbocycles. The summed E-state index contributed by atoms with van der Waals surface area (Å²) in [6.07, 6.45) is 7.90. The van der Waals surface area contributed by atoms with Gasteiger partial charge < -0.3 is 93.9 Å². The van der Waals surface area contributed by atoms with Crippen molar-refractivity contribution in [1.82, 2.24) is 67.9 Å². The quantitative estimate of drug-likeness (QED) is 0.0163. The Morgan fingerprint density at radius 2 is 0.664 bits per heavy atom. The highest BCUT2D eigenvalue weighted by Gasteiger charge is 2.41. The molecule has 0 aromatic heterocycles. The number of alkyl carbamates (subject to hydrolysis) is 2. The molecule has 6 aromatic carbocycles. The summed E-state index contributed by atoms with van der Waals surface area (Å²) in [6.45, 7) is 24.4. The van der Waals surface area contributed by atoms with Crippen molar-refractivity contribution in [2.24, 2.45) is 29.2 Å². The number of likely N-dealkylation sites (tertiary alicyclic amines) is 3. The fourth-order valence-electron chi connectivity index (χ4n) is 15.2. The third-order valence-electron chi connectivity index (χ3n) is 21.9. The number of amides is 13. The first-order chi connectivity index (χ1) is 60.1. The standard InChI is InChI=1S/C33H47N5O6.C28H39N5O4.C26H36N4O3.C7H13NO4.2ClH/c1-6-23(7-2)31(42)38-18-10-13-27(38)30(41)37-26(20-22-14-15-24-11-8-9-12-25(24)19-22)29(40)35-17-16-34-28(39)21-36-32(43)44-33(3,4)5;1-3-20(4-2)28(37)33-15-7-10-24(33)27(36)32-23(26(35)31-14-13-30-25(34)18-29)17-19-11-12-21-8-5-6-9-22(21)16-19;1-3-19(4-2)26(33)30-15-7-10-23(30)25(32)29-22(24(31)28-14-13-27)17-18-11-12-20-8-5-6-9-21(20)16-18;1-7(2,3)12-6(11)8-4-5(9)10;;/h8-9,11-12,14-15,19,23,26-27H,6-7,10,13,16-18,20-21H2,1-5H3,(H,34,39)(H,35,40)(H,36,43)(H,37,41);5-6,8-9,11-12,16,20,23-24H,3-4,7,10,13-15,17-18,29H2,1-2H3,(H,30,34)(H,31,35)(H,32,36);5-6,8-9,11-12,16,19,22-23H,3-4,7,10,13-15,17,27H2,1-2H3,(H,28,31)(H,29,32);4H2,1-3H3,(H,8,11)(H,9,10);2*1H/t26-,27?;23-,24?;22-,23?;;;/m111.../s1. The van der Waals surface area contributed by atoms with Crippen molar-refractivity contribution < 1.29 is 81.7 Å². The summed E-state index contributed by atoms with van der Waals surface area (Å²) in [5.41, 5.74) is 12.3. The number of nitrogens with two attached hydrogens (primary N) is 2. The topological polar surface area (TPSA) is 460 Å². The van der Waals surface area contributed by atoms with Gasteiger partial charge in [0.05, 0.1) is 13.1 Å². The Morgan fingerprint density at radius 3 is 0.945 bits per heavy atom. The Hall–Kier alpha value is -11.2. The van der Waals surface area contributed by atoms with Gasteiger partial charge in [-0.2, -0.15) is 0 Å². The summed E-state index contributed by atoms with van der Waals surface area (Å²) in [5, 5.41) is 41.5. The average Bonchev–Trinajstić information content (AvgIpc) is 1.62. The van der Waals surface area contributed by atoms with E-state index in [0.717, 1.165) is 94.0 Å². The minimum absolute atomic E-state index is 0. The molecule has 3 fully saturated rings. The zero-order chi connectivity index (χ0) is 92.6. The Balaban J connectivity index is 0.000000377. The van der Waals surface area contributed by atoms with Crippen LogP contribution in [-0.4, -0.2) is 229 Å². The van der Waals surface area contributed by atoms with Crippen molar-refractivity contribution in [3.8, 4) is 0 Å². The molecule has 3 saturated heterocycles. The van der Waals surface area contributed by atoms with E-state index in [1.165, 1.54) is 0 Å². The molecule has 128 heavy (non-hydrogen) atoms. The van der Waals surface area contributed by atoms with E-state index in [1.54, 1.807) is 56.2 Å². The molecule has 0 spiro atoms. The van der Waals surface area contributed by atoms with Gasteiger partial charge in [-0.05, 0) is 168 Å². The largest absolute Gasteiger partial charge is 0.480 e. The lowest BCUT2D eigenvalue weighted by atomic mass is 10.00. The van der Waals surface area contributed by atoms with Crippen molar-refractivity contribution >= 4 is 140 Å². The predicted octanol–water partition coefficient (Wildman–Crippen LogP) is 8.35. The van der Waals surface area contributed by atoms with Crippen LogP contribution in [0.2, 0.25) is 0 Å². The molecule has 3 heterocycles. The molecule has 6 aromatic rings. The van der Waals surface area contributed by atoms with Crippen LogP contribution < -0.4 is 64.6 Å². The first-order valence-corrected chi connectivity index (χ1v) is 44.3. The first-order valence-electron chi connectivity index (χ1n) is 44.3. The van der Waals surface area contributed by atoms with Crippen LogP contribution in [0.4, 0.5) is 9.59 Å². The van der Waals surface area contributed by atoms with Gasteiger partial charge >= 0.3 is 18.2 Å². The fraction of sp³-hybridized carbons (Fsp3) is 0.532. The van der Waals surface area contributed by atoms with Gasteiger partial charge in [-0.1, -0.05) is 169 Å². The van der Waals surface area contributed by atoms with Gasteiger partial charge in [-0.25, -0.2) is 9.59 Å². The van der Waals surface area contributed by atoms with Gasteiger partial charge in [0.2, 0.25) is 65.0 Å². The lowest BCUT2D eigenvalue weighted by Gasteiger charge is -2.29. The SMILES string of the molecule is CC(C)(C)OC(=O)NCC(=O)O.CCC(CC)C(=O)N1CCCC1C(=O)N[C@H](Cc1ccc2ccccc2c1)C(=O)NCCN.CCC(CC)C(=O)N1CCCC1C(=O)N[C@H](Cc1ccc2ccccc2c1)C(=O)NCCNC(=O)CN.CCC(CC)C(=O)N1CCCC1C(=O)N[C@H](Cc1ccc2ccccc2c1)C(=O)NCCNC(=O)CNC(=O)OC(C)(C)C.Cl.Cl. The number of nitrogens with one attached hydrogen (secondary N) is 10. The molecule has 0 radical (unpaired) electrons. The summed E-state index contributed by atoms with van der Waals surface area (Å²) in [7, 11) is 0. The molecule has 3 aliphatic heterocycles. The summed E-state index contributed by atoms with van der Waals surface area (Å²) in [6, 6.07) is 37.6. The van der Waals surface area contributed by atoms with Crippen LogP contribution >= 0.6 is 24.8 Å². The highest BCUT2D eigenvalue weighted by atomic mass is 35.5. The number of rotatable bonds is 37. The Bertz CT molecular complexity index is 4650. The second kappa shape index (κ2) is 55.5. The molecule has 15 N–H and O–H groups in total. The smallest absolute Gasteiger partial charge is 0.408 e. The van der Waals surface area contributed by atoms with Crippen molar-refractivity contribution in [2.45, 2.75) is 227 Å². The number of hydrogen-bond donors (Lipinski definition) is 13. The van der Waals surface area contributed by atoms with E-state index >= 15 is 0 Å². The second-order valence-electron chi connectivity index (χ2n) is 33.6. The molecule has 3 aliphatic rings. The summed E-state index contributed by atoms with van der Waals surface area (Å²) >= 11 is 0. The number of fused-ring (bicyclic) bond motifs is 3. The number of aliphatic carboxylic acids is 1. The second-order valence-corrected chi connectivity index (χ2v) is 33.6. The number of halogens is 2. The van der Waals surface area contributed by atoms with Crippen molar-refractivity contribution in [3.05, 3.63) is 144 Å². The van der Waals surface area contributed by atoms with Gasteiger partial charge in [0.1, 0.15) is 54.0 Å². The van der Waals surface area contributed by atoms with E-state index in [0.29, 0.717) is 77.7 Å². The summed E-state index contributed by atoms with van der Waals surface area (Å²) in [4.78, 5) is 180. The minimum atomic E-state index is -1.10. The van der Waals surface area contributed by atoms with Gasteiger partial charge in [-0.15, -0.1) is 24.8 Å². The van der Waals surface area contributed by atoms with Crippen LogP contribution in [0, 0.1) is 17.8 Å². The maximum Gasteiger partial charge on any atom is 0.408 e. The molecule has 34 heteroatoms. The van der Waals surface area contributed by atoms with Crippen molar-refractivity contribution in [3.63, 3.8) is 0 Å². The van der Waals surface area contributed by atoms with E-state index < -0.39 is 84.0 Å². The number of carboxylic acids is 1. The highest BCUT2D eigenvalue weighted by molar-refractivity contribution is 5.97. The molecule has 3 unspecified atom stereocenters. The van der Waals surface area contributed by atoms with Crippen LogP contribution in [0.15, 0.2) is 127 Å². The third kappa shape index (κ3) is 36.1. The van der Waals surface area contributed by atoms with E-state index in [9.17, 15) is 67.1 Å². The zero-order valence-electron chi connectivity index (χ0n) is 76.2. The minimum Gasteiger partial charge on any atom is -0.480 e. The van der Waals surface area contributed by atoms with Crippen molar-refractivity contribution in [2.75, 3.05) is 78.5 Å². The Kier molecular flexibility index (Phi) is 47.3. The maximum absolute atomic E-state index is 13.5. The molecular formula is C94H137Cl2N15O17. The zero-order valence-corrected chi connectivity index (χ0v) is 77.8. The number of carboxylic acid groups (broad SMARTS) is 1. The molecule has 0 aliphatic carbocycles. The van der Waals surface area contributed by atoms with Crippen LogP contribution in [-0.2, 0) is 86.3 Å². The van der Waals surface area contributed by atoms with Crippen LogP contribution in [0.25, 0.3) is 32.3 Å². The summed E-state index contributed by atoms with van der Waals surface area (Å²) < 4.78 is 9.89. The predicted molar refractivity (Wildman–Crippen MR) is 499 cm³/mol. The third-order valence-corrected chi connectivity index (χ3v) is 21.9. The lowest BCUT2D eigenvalue weighted by Crippen LogP contribution is -2.55. The highest BCUT2D eigenvalue weighted by Crippen LogP contribution is 2.28.